The van der Waals surface area contributed by atoms with E-state index in [0.717, 1.165) is 6.42 Å². The number of benzene rings is 1. The maximum atomic E-state index is 11.9. The minimum Gasteiger partial charge on any atom is -0.508 e. The normalized spacial score (nSPS) is 13.8. The molecule has 0 aliphatic carbocycles. The predicted molar refractivity (Wildman–Crippen MR) is 88.0 cm³/mol. The molecule has 126 valence electrons. The summed E-state index contributed by atoms with van der Waals surface area (Å²) in [6, 6.07) is 3.70. The van der Waals surface area contributed by atoms with Gasteiger partial charge in [0.15, 0.2) is 6.04 Å². The lowest BCUT2D eigenvalue weighted by molar-refractivity contribution is -0.142. The zero-order valence-electron chi connectivity index (χ0n) is 12.4. The van der Waals surface area contributed by atoms with Crippen molar-refractivity contribution in [1.29, 1.82) is 0 Å². The SMILES string of the molecule is Br.CCC(C)C(N)C(=O)NC(C(=O)O)c1ccc(O)cc1.O. The van der Waals surface area contributed by atoms with E-state index >= 15 is 0 Å². The predicted octanol–water partition coefficient (Wildman–Crippen LogP) is 0.761. The third-order valence-electron chi connectivity index (χ3n) is 3.32. The van der Waals surface area contributed by atoms with Crippen LogP contribution in [0, 0.1) is 5.92 Å². The van der Waals surface area contributed by atoms with Gasteiger partial charge in [0.2, 0.25) is 5.91 Å². The van der Waals surface area contributed by atoms with E-state index in [1.165, 1.54) is 24.3 Å². The first-order valence-electron chi connectivity index (χ1n) is 6.44. The lowest BCUT2D eigenvalue weighted by Gasteiger charge is -2.21. The van der Waals surface area contributed by atoms with E-state index in [1.807, 2.05) is 13.8 Å². The van der Waals surface area contributed by atoms with Crippen LogP contribution in [0.3, 0.4) is 0 Å². The summed E-state index contributed by atoms with van der Waals surface area (Å²) in [6.45, 7) is 3.74. The fourth-order valence-electron chi connectivity index (χ4n) is 1.71. The van der Waals surface area contributed by atoms with Crippen LogP contribution in [0.15, 0.2) is 24.3 Å². The van der Waals surface area contributed by atoms with Crippen molar-refractivity contribution in [2.45, 2.75) is 32.4 Å². The zero-order valence-corrected chi connectivity index (χ0v) is 14.2. The van der Waals surface area contributed by atoms with Crippen LogP contribution in [0.4, 0.5) is 0 Å². The van der Waals surface area contributed by atoms with Crippen LogP contribution in [0.2, 0.25) is 0 Å². The van der Waals surface area contributed by atoms with Gasteiger partial charge >= 0.3 is 5.97 Å². The van der Waals surface area contributed by atoms with Crippen LogP contribution in [-0.4, -0.2) is 33.6 Å². The smallest absolute Gasteiger partial charge is 0.330 e. The van der Waals surface area contributed by atoms with Gasteiger partial charge in [-0.25, -0.2) is 4.79 Å². The standard InChI is InChI=1S/C14H20N2O4.BrH.H2O/c1-3-8(2)11(15)13(18)16-12(14(19)20)9-4-6-10(17)7-5-9;;/h4-8,11-12,17H,3,15H2,1-2H3,(H,16,18)(H,19,20);1H;1H2. The highest BCUT2D eigenvalue weighted by molar-refractivity contribution is 8.93. The van der Waals surface area contributed by atoms with Gasteiger partial charge in [-0.2, -0.15) is 0 Å². The number of hydrogen-bond acceptors (Lipinski definition) is 4. The van der Waals surface area contributed by atoms with Gasteiger partial charge in [-0.1, -0.05) is 32.4 Å². The number of halogens is 1. The average molecular weight is 379 g/mol. The van der Waals surface area contributed by atoms with E-state index < -0.39 is 24.0 Å². The van der Waals surface area contributed by atoms with Crippen LogP contribution in [0.1, 0.15) is 31.9 Å². The molecule has 0 radical (unpaired) electrons. The number of nitrogens with two attached hydrogens (primary N) is 1. The van der Waals surface area contributed by atoms with Gasteiger partial charge in [0.05, 0.1) is 6.04 Å². The molecule has 0 aromatic heterocycles. The molecular weight excluding hydrogens is 356 g/mol. The van der Waals surface area contributed by atoms with Gasteiger partial charge in [-0.3, -0.25) is 4.79 Å². The van der Waals surface area contributed by atoms with Crippen molar-refractivity contribution in [2.24, 2.45) is 11.7 Å². The number of amides is 1. The number of hydrogen-bond donors (Lipinski definition) is 4. The number of aromatic hydroxyl groups is 1. The Labute approximate surface area is 139 Å². The van der Waals surface area contributed by atoms with E-state index in [1.54, 1.807) is 0 Å². The van der Waals surface area contributed by atoms with E-state index in [-0.39, 0.29) is 34.1 Å². The second kappa shape index (κ2) is 10.1. The van der Waals surface area contributed by atoms with Crippen molar-refractivity contribution < 1.29 is 25.3 Å². The first kappa shape index (κ1) is 22.6. The molecule has 7 N–H and O–H groups in total. The molecule has 1 aromatic carbocycles. The number of carboxylic acid groups (broad SMARTS) is 1. The number of carbonyl (C=O) groups is 2. The maximum Gasteiger partial charge on any atom is 0.330 e. The first-order chi connectivity index (χ1) is 9.36. The third kappa shape index (κ3) is 6.00. The van der Waals surface area contributed by atoms with Gasteiger partial charge < -0.3 is 26.7 Å². The van der Waals surface area contributed by atoms with Crippen molar-refractivity contribution in [3.63, 3.8) is 0 Å². The molecule has 8 heteroatoms. The summed E-state index contributed by atoms with van der Waals surface area (Å²) in [7, 11) is 0. The molecule has 0 fully saturated rings. The molecule has 22 heavy (non-hydrogen) atoms. The van der Waals surface area contributed by atoms with Gasteiger partial charge in [0, 0.05) is 0 Å². The molecule has 3 atom stereocenters. The first-order valence-corrected chi connectivity index (χ1v) is 6.44. The Balaban J connectivity index is 0. The second-order valence-corrected chi connectivity index (χ2v) is 4.78. The highest BCUT2D eigenvalue weighted by atomic mass is 79.9. The number of rotatable bonds is 6. The number of nitrogens with one attached hydrogen (secondary N) is 1. The zero-order chi connectivity index (χ0) is 15.3. The molecule has 1 rings (SSSR count). The number of phenolic OH excluding ortho intramolecular Hbond substituents is 1. The molecule has 0 heterocycles. The summed E-state index contributed by atoms with van der Waals surface area (Å²) < 4.78 is 0. The van der Waals surface area contributed by atoms with Crippen LogP contribution < -0.4 is 11.1 Å². The van der Waals surface area contributed by atoms with Crippen LogP contribution in [0.5, 0.6) is 5.75 Å². The Morgan fingerprint density at radius 2 is 1.77 bits per heavy atom. The van der Waals surface area contributed by atoms with Crippen molar-refractivity contribution in [3.8, 4) is 5.75 Å². The molecule has 0 aliphatic heterocycles. The lowest BCUT2D eigenvalue weighted by atomic mass is 9.98. The van der Waals surface area contributed by atoms with Crippen molar-refractivity contribution >= 4 is 28.9 Å². The minimum absolute atomic E-state index is 0. The highest BCUT2D eigenvalue weighted by Gasteiger charge is 2.26. The summed E-state index contributed by atoms with van der Waals surface area (Å²) in [5.74, 6) is -1.69. The Morgan fingerprint density at radius 1 is 1.27 bits per heavy atom. The summed E-state index contributed by atoms with van der Waals surface area (Å²) >= 11 is 0. The van der Waals surface area contributed by atoms with Gasteiger partial charge in [-0.15, -0.1) is 17.0 Å². The van der Waals surface area contributed by atoms with Crippen molar-refractivity contribution in [2.75, 3.05) is 0 Å². The van der Waals surface area contributed by atoms with Gasteiger partial charge in [0.1, 0.15) is 5.75 Å². The fraction of sp³-hybridized carbons (Fsp3) is 0.429. The Bertz CT molecular complexity index is 481. The van der Waals surface area contributed by atoms with E-state index in [0.29, 0.717) is 5.56 Å². The topological polar surface area (TPSA) is 144 Å². The summed E-state index contributed by atoms with van der Waals surface area (Å²) in [5.41, 5.74) is 6.15. The highest BCUT2D eigenvalue weighted by Crippen LogP contribution is 2.18. The summed E-state index contributed by atoms with van der Waals surface area (Å²) in [6.07, 6.45) is 0.728. The molecule has 3 unspecified atom stereocenters. The second-order valence-electron chi connectivity index (χ2n) is 4.78. The Morgan fingerprint density at radius 3 is 2.18 bits per heavy atom. The van der Waals surface area contributed by atoms with E-state index in [9.17, 15) is 19.8 Å². The van der Waals surface area contributed by atoms with Crippen molar-refractivity contribution in [1.82, 2.24) is 5.32 Å². The van der Waals surface area contributed by atoms with E-state index in [4.69, 9.17) is 5.73 Å². The van der Waals surface area contributed by atoms with Crippen molar-refractivity contribution in [3.05, 3.63) is 29.8 Å². The summed E-state index contributed by atoms with van der Waals surface area (Å²) in [5, 5.41) is 20.8. The minimum atomic E-state index is -1.18. The third-order valence-corrected chi connectivity index (χ3v) is 3.32. The molecule has 0 aliphatic rings. The molecule has 0 saturated heterocycles. The molecule has 0 spiro atoms. The van der Waals surface area contributed by atoms with E-state index in [2.05, 4.69) is 5.32 Å². The average Bonchev–Trinajstić information content (AvgIpc) is 2.43. The molecule has 1 aromatic rings. The number of carbonyl (C=O) groups excluding carboxylic acids is 1. The lowest BCUT2D eigenvalue weighted by Crippen LogP contribution is -2.47. The van der Waals surface area contributed by atoms with Gasteiger partial charge in [0.25, 0.3) is 0 Å². The number of aliphatic carboxylic acids is 1. The maximum absolute atomic E-state index is 11.9. The molecule has 0 saturated carbocycles. The fourth-order valence-corrected chi connectivity index (χ4v) is 1.71. The van der Waals surface area contributed by atoms with Crippen LogP contribution >= 0.6 is 17.0 Å². The largest absolute Gasteiger partial charge is 0.508 e. The molecule has 1 amide bonds. The van der Waals surface area contributed by atoms with Crippen LogP contribution in [0.25, 0.3) is 0 Å². The number of carboxylic acids is 1. The Kier molecular flexibility index (Phi) is 10.4. The molecular formula is C14H23BrN2O5. The monoisotopic (exact) mass is 378 g/mol. The van der Waals surface area contributed by atoms with Gasteiger partial charge in [-0.05, 0) is 23.6 Å². The number of phenols is 1. The summed E-state index contributed by atoms with van der Waals surface area (Å²) in [4.78, 5) is 23.2. The molecule has 7 nitrogen and oxygen atoms in total. The molecule has 0 bridgehead atoms. The Hall–Kier alpha value is -1.64. The quantitative estimate of drug-likeness (QED) is 0.577. The van der Waals surface area contributed by atoms with Crippen LogP contribution in [-0.2, 0) is 9.59 Å².